The van der Waals surface area contributed by atoms with Gasteiger partial charge in [0.2, 0.25) is 11.8 Å². The van der Waals surface area contributed by atoms with Crippen molar-refractivity contribution in [3.8, 4) is 0 Å². The van der Waals surface area contributed by atoms with E-state index in [0.29, 0.717) is 49.2 Å². The smallest absolute Gasteiger partial charge is 0.234 e. The molecule has 1 atom stereocenters. The lowest BCUT2D eigenvalue weighted by Gasteiger charge is -2.34. The van der Waals surface area contributed by atoms with Crippen LogP contribution in [0.25, 0.3) is 0 Å². The van der Waals surface area contributed by atoms with Crippen LogP contribution in [0, 0.1) is 17.5 Å². The molecular formula is C22H20ClF3N2O2. The van der Waals surface area contributed by atoms with Crippen molar-refractivity contribution < 1.29 is 22.8 Å². The first-order chi connectivity index (χ1) is 14.3. The van der Waals surface area contributed by atoms with Gasteiger partial charge < -0.3 is 4.90 Å². The highest BCUT2D eigenvalue weighted by molar-refractivity contribution is 6.30. The molecule has 2 aliphatic rings. The molecule has 2 amide bonds. The molecule has 2 fully saturated rings. The summed E-state index contributed by atoms with van der Waals surface area (Å²) in [5.41, 5.74) is 1.24. The van der Waals surface area contributed by atoms with Crippen molar-refractivity contribution in [3.63, 3.8) is 0 Å². The van der Waals surface area contributed by atoms with Gasteiger partial charge in [-0.3, -0.25) is 14.9 Å². The average Bonchev–Trinajstić information content (AvgIpc) is 2.71. The van der Waals surface area contributed by atoms with Crippen molar-refractivity contribution in [2.24, 2.45) is 0 Å². The molecule has 2 aliphatic heterocycles. The Balaban J connectivity index is 1.46. The van der Waals surface area contributed by atoms with Gasteiger partial charge in [0.1, 0.15) is 17.5 Å². The average molecular weight is 437 g/mol. The van der Waals surface area contributed by atoms with Crippen LogP contribution in [-0.2, 0) is 9.59 Å². The van der Waals surface area contributed by atoms with Crippen LogP contribution in [0.15, 0.2) is 30.3 Å². The van der Waals surface area contributed by atoms with E-state index in [4.69, 9.17) is 11.6 Å². The van der Waals surface area contributed by atoms with Crippen LogP contribution < -0.4 is 10.2 Å². The molecule has 0 aromatic heterocycles. The molecule has 0 spiro atoms. The Bertz CT molecular complexity index is 1010. The number of imide groups is 1. The summed E-state index contributed by atoms with van der Waals surface area (Å²) in [7, 11) is 0. The van der Waals surface area contributed by atoms with Crippen molar-refractivity contribution in [1.29, 1.82) is 0 Å². The normalized spacial score (nSPS) is 20.4. The SMILES string of the molecule is O=C1CCC(c2ccc(N3CCC(c4cc(F)c(Cl)cc4F)CC3)c(F)c2)C(=O)N1. The fourth-order valence-electron chi connectivity index (χ4n) is 4.29. The molecule has 2 aromatic rings. The number of amides is 2. The summed E-state index contributed by atoms with van der Waals surface area (Å²) in [6, 6.07) is 6.82. The second-order valence-corrected chi connectivity index (χ2v) is 8.17. The molecule has 0 bridgehead atoms. The number of anilines is 1. The van der Waals surface area contributed by atoms with E-state index < -0.39 is 29.3 Å². The van der Waals surface area contributed by atoms with E-state index in [2.05, 4.69) is 5.32 Å². The first-order valence-corrected chi connectivity index (χ1v) is 10.2. The van der Waals surface area contributed by atoms with Crippen LogP contribution in [0.4, 0.5) is 18.9 Å². The van der Waals surface area contributed by atoms with Gasteiger partial charge in [-0.1, -0.05) is 17.7 Å². The van der Waals surface area contributed by atoms with Crippen LogP contribution in [-0.4, -0.2) is 24.9 Å². The molecule has 4 rings (SSSR count). The number of hydrogen-bond acceptors (Lipinski definition) is 3. The maximum Gasteiger partial charge on any atom is 0.234 e. The Morgan fingerprint density at radius 2 is 1.67 bits per heavy atom. The van der Waals surface area contributed by atoms with E-state index >= 15 is 0 Å². The van der Waals surface area contributed by atoms with E-state index in [0.717, 1.165) is 12.1 Å². The zero-order chi connectivity index (χ0) is 21.4. The number of nitrogens with zero attached hydrogens (tertiary/aromatic N) is 1. The monoisotopic (exact) mass is 436 g/mol. The van der Waals surface area contributed by atoms with E-state index in [1.54, 1.807) is 12.1 Å². The van der Waals surface area contributed by atoms with Gasteiger partial charge in [-0.2, -0.15) is 0 Å². The van der Waals surface area contributed by atoms with Gasteiger partial charge in [0.05, 0.1) is 16.6 Å². The Kier molecular flexibility index (Phi) is 5.73. The number of hydrogen-bond donors (Lipinski definition) is 1. The number of nitrogens with one attached hydrogen (secondary N) is 1. The van der Waals surface area contributed by atoms with Crippen LogP contribution in [0.5, 0.6) is 0 Å². The standard InChI is InChI=1S/C22H20ClF3N2O2/c23-16-11-17(24)15(10-18(16)25)12-5-7-28(8-6-12)20-3-1-13(9-19(20)26)14-2-4-21(29)27-22(14)30/h1,3,9-12,14H,2,4-8H2,(H,27,29,30). The largest absolute Gasteiger partial charge is 0.369 e. The first kappa shape index (κ1) is 20.7. The van der Waals surface area contributed by atoms with Gasteiger partial charge in [-0.05, 0) is 60.6 Å². The summed E-state index contributed by atoms with van der Waals surface area (Å²) in [4.78, 5) is 25.2. The Labute approximate surface area is 177 Å². The van der Waals surface area contributed by atoms with E-state index in [9.17, 15) is 22.8 Å². The fraction of sp³-hybridized carbons (Fsp3) is 0.364. The molecule has 0 saturated carbocycles. The number of carbonyl (C=O) groups excluding carboxylic acids is 2. The van der Waals surface area contributed by atoms with Crippen LogP contribution in [0.1, 0.15) is 48.6 Å². The molecule has 2 saturated heterocycles. The van der Waals surface area contributed by atoms with Gasteiger partial charge in [0.25, 0.3) is 0 Å². The third-order valence-electron chi connectivity index (χ3n) is 5.93. The van der Waals surface area contributed by atoms with Gasteiger partial charge in [-0.25, -0.2) is 13.2 Å². The molecule has 158 valence electrons. The Hall–Kier alpha value is -2.54. The van der Waals surface area contributed by atoms with Gasteiger partial charge in [0.15, 0.2) is 0 Å². The minimum atomic E-state index is -0.648. The molecule has 1 unspecified atom stereocenters. The van der Waals surface area contributed by atoms with Crippen molar-refractivity contribution >= 4 is 29.1 Å². The Morgan fingerprint density at radius 1 is 0.933 bits per heavy atom. The molecule has 30 heavy (non-hydrogen) atoms. The highest BCUT2D eigenvalue weighted by Crippen LogP contribution is 2.35. The number of benzene rings is 2. The summed E-state index contributed by atoms with van der Waals surface area (Å²) in [5, 5.41) is 2.04. The predicted octanol–water partition coefficient (Wildman–Crippen LogP) is 4.66. The van der Waals surface area contributed by atoms with Crippen molar-refractivity contribution in [3.05, 3.63) is 63.9 Å². The van der Waals surface area contributed by atoms with E-state index in [1.807, 2.05) is 4.90 Å². The van der Waals surface area contributed by atoms with Crippen molar-refractivity contribution in [2.45, 2.75) is 37.5 Å². The number of rotatable bonds is 3. The fourth-order valence-corrected chi connectivity index (χ4v) is 4.44. The summed E-state index contributed by atoms with van der Waals surface area (Å²) in [5.74, 6) is -3.05. The molecular weight excluding hydrogens is 417 g/mol. The summed E-state index contributed by atoms with van der Waals surface area (Å²) >= 11 is 5.62. The lowest BCUT2D eigenvalue weighted by atomic mass is 9.88. The van der Waals surface area contributed by atoms with Gasteiger partial charge >= 0.3 is 0 Å². The van der Waals surface area contributed by atoms with Crippen LogP contribution in [0.3, 0.4) is 0 Å². The summed E-state index contributed by atoms with van der Waals surface area (Å²) < 4.78 is 42.8. The van der Waals surface area contributed by atoms with Crippen molar-refractivity contribution in [2.75, 3.05) is 18.0 Å². The number of carbonyl (C=O) groups is 2. The van der Waals surface area contributed by atoms with Crippen LogP contribution in [0.2, 0.25) is 5.02 Å². The van der Waals surface area contributed by atoms with Gasteiger partial charge in [-0.15, -0.1) is 0 Å². The predicted molar refractivity (Wildman–Crippen MR) is 107 cm³/mol. The highest BCUT2D eigenvalue weighted by atomic mass is 35.5. The number of halogens is 4. The second kappa shape index (κ2) is 8.30. The number of piperidine rings is 2. The maximum atomic E-state index is 14.8. The highest BCUT2D eigenvalue weighted by Gasteiger charge is 2.30. The minimum Gasteiger partial charge on any atom is -0.369 e. The summed E-state index contributed by atoms with van der Waals surface area (Å²) in [6.07, 6.45) is 1.69. The topological polar surface area (TPSA) is 49.4 Å². The maximum absolute atomic E-state index is 14.8. The zero-order valence-corrected chi connectivity index (χ0v) is 16.8. The molecule has 0 aliphatic carbocycles. The summed E-state index contributed by atoms with van der Waals surface area (Å²) in [6.45, 7) is 0.978. The lowest BCUT2D eigenvalue weighted by Crippen LogP contribution is -2.39. The lowest BCUT2D eigenvalue weighted by molar-refractivity contribution is -0.134. The molecule has 8 heteroatoms. The van der Waals surface area contributed by atoms with Crippen LogP contribution >= 0.6 is 11.6 Å². The zero-order valence-electron chi connectivity index (χ0n) is 16.1. The molecule has 2 heterocycles. The molecule has 4 nitrogen and oxygen atoms in total. The third-order valence-corrected chi connectivity index (χ3v) is 6.22. The quantitative estimate of drug-likeness (QED) is 0.562. The van der Waals surface area contributed by atoms with E-state index in [-0.39, 0.29) is 23.3 Å². The van der Waals surface area contributed by atoms with E-state index in [1.165, 1.54) is 6.07 Å². The van der Waals surface area contributed by atoms with Crippen molar-refractivity contribution in [1.82, 2.24) is 5.32 Å². The third kappa shape index (κ3) is 4.03. The minimum absolute atomic E-state index is 0.168. The second-order valence-electron chi connectivity index (χ2n) is 7.76. The Morgan fingerprint density at radius 3 is 2.33 bits per heavy atom. The molecule has 1 N–H and O–H groups in total. The molecule has 2 aromatic carbocycles. The first-order valence-electron chi connectivity index (χ1n) is 9.86. The van der Waals surface area contributed by atoms with Gasteiger partial charge in [0, 0.05) is 19.5 Å². The molecule has 0 radical (unpaired) electrons.